The van der Waals surface area contributed by atoms with Crippen LogP contribution in [-0.2, 0) is 6.54 Å². The Morgan fingerprint density at radius 3 is 2.50 bits per heavy atom. The van der Waals surface area contributed by atoms with Gasteiger partial charge in [-0.2, -0.15) is 0 Å². The molecule has 1 aromatic heterocycles. The van der Waals surface area contributed by atoms with E-state index in [1.807, 2.05) is 6.92 Å². The predicted molar refractivity (Wildman–Crippen MR) is 119 cm³/mol. The molecule has 0 saturated carbocycles. The second-order valence-electron chi connectivity index (χ2n) is 5.81. The fourth-order valence-corrected chi connectivity index (χ4v) is 3.12. The molecule has 3 N–H and O–H groups in total. The lowest BCUT2D eigenvalue weighted by atomic mass is 10.1. The maximum atomic E-state index is 12.0. The lowest BCUT2D eigenvalue weighted by Crippen LogP contribution is -2.41. The summed E-state index contributed by atoms with van der Waals surface area (Å²) in [6, 6.07) is 6.41. The van der Waals surface area contributed by atoms with Crippen molar-refractivity contribution in [3.63, 3.8) is 0 Å². The summed E-state index contributed by atoms with van der Waals surface area (Å²) in [4.78, 5) is 21.0. The first kappa shape index (κ1) is 22.4. The second kappa shape index (κ2) is 11.1. The lowest BCUT2D eigenvalue weighted by Gasteiger charge is -2.13. The molecular weight excluding hydrogens is 461 g/mol. The summed E-state index contributed by atoms with van der Waals surface area (Å²) in [6.45, 7) is 7.85. The smallest absolute Gasteiger partial charge is 0.263 e. The van der Waals surface area contributed by atoms with E-state index in [4.69, 9.17) is 0 Å². The summed E-state index contributed by atoms with van der Waals surface area (Å²) in [5.41, 5.74) is 6.20. The number of nitrogens with zero attached hydrogens (tertiary/aromatic N) is 2. The van der Waals surface area contributed by atoms with E-state index in [1.54, 1.807) is 12.6 Å². The van der Waals surface area contributed by atoms with Crippen molar-refractivity contribution in [2.75, 3.05) is 20.1 Å². The zero-order valence-electron chi connectivity index (χ0n) is 15.5. The first-order valence-corrected chi connectivity index (χ1v) is 9.08. The molecule has 0 bridgehead atoms. The van der Waals surface area contributed by atoms with Gasteiger partial charge >= 0.3 is 0 Å². The minimum Gasteiger partial charge on any atom is -0.355 e. The van der Waals surface area contributed by atoms with E-state index < -0.39 is 0 Å². The highest BCUT2D eigenvalue weighted by Crippen LogP contribution is 2.11. The average Bonchev–Trinajstić information content (AvgIpc) is 3.01. The molecule has 0 aliphatic heterocycles. The minimum atomic E-state index is -0.0833. The summed E-state index contributed by atoms with van der Waals surface area (Å²) in [6.07, 6.45) is 0. The standard InChI is InChI=1S/C18H25N5OS.HI/c1-12-5-6-15(13(2)9-12)10-22-18(19-4)21-8-7-20-17(24)16-14(3)23-11-25-16;/h5-6,9,11H,7-8,10H2,1-4H3,(H,20,24)(H2,19,21,22);1H. The quantitative estimate of drug-likeness (QED) is 0.254. The number of nitrogens with one attached hydrogen (secondary N) is 3. The number of aliphatic imine (C=N–C) groups is 1. The molecule has 142 valence electrons. The molecule has 0 aliphatic carbocycles. The van der Waals surface area contributed by atoms with Gasteiger partial charge < -0.3 is 16.0 Å². The minimum absolute atomic E-state index is 0. The van der Waals surface area contributed by atoms with Crippen LogP contribution in [0.4, 0.5) is 0 Å². The Balaban J connectivity index is 0.00000338. The maximum Gasteiger partial charge on any atom is 0.263 e. The first-order valence-electron chi connectivity index (χ1n) is 8.20. The molecular formula is C18H26IN5OS. The van der Waals surface area contributed by atoms with Crippen LogP contribution < -0.4 is 16.0 Å². The number of aromatic nitrogens is 1. The highest BCUT2D eigenvalue weighted by atomic mass is 127. The SMILES string of the molecule is CN=C(NCCNC(=O)c1scnc1C)NCc1ccc(C)cc1C.I. The molecule has 8 heteroatoms. The van der Waals surface area contributed by atoms with Gasteiger partial charge in [-0.1, -0.05) is 23.8 Å². The van der Waals surface area contributed by atoms with Crippen LogP contribution in [0.2, 0.25) is 0 Å². The maximum absolute atomic E-state index is 12.0. The third-order valence-electron chi connectivity index (χ3n) is 3.82. The van der Waals surface area contributed by atoms with Gasteiger partial charge in [0.15, 0.2) is 5.96 Å². The van der Waals surface area contributed by atoms with Crippen molar-refractivity contribution in [2.24, 2.45) is 4.99 Å². The number of carbonyl (C=O) groups is 1. The monoisotopic (exact) mass is 487 g/mol. The van der Waals surface area contributed by atoms with Crippen molar-refractivity contribution in [1.29, 1.82) is 0 Å². The third-order valence-corrected chi connectivity index (χ3v) is 4.75. The highest BCUT2D eigenvalue weighted by Gasteiger charge is 2.10. The average molecular weight is 487 g/mol. The van der Waals surface area contributed by atoms with E-state index in [0.29, 0.717) is 30.5 Å². The van der Waals surface area contributed by atoms with Gasteiger partial charge in [0.2, 0.25) is 0 Å². The van der Waals surface area contributed by atoms with E-state index in [1.165, 1.54) is 28.0 Å². The number of benzene rings is 1. The van der Waals surface area contributed by atoms with Crippen molar-refractivity contribution in [2.45, 2.75) is 27.3 Å². The molecule has 1 heterocycles. The Labute approximate surface area is 175 Å². The van der Waals surface area contributed by atoms with Gasteiger partial charge in [0.25, 0.3) is 5.91 Å². The second-order valence-corrected chi connectivity index (χ2v) is 6.66. The van der Waals surface area contributed by atoms with Gasteiger partial charge in [-0.3, -0.25) is 9.79 Å². The first-order chi connectivity index (χ1) is 12.0. The van der Waals surface area contributed by atoms with Gasteiger partial charge in [-0.25, -0.2) is 4.98 Å². The van der Waals surface area contributed by atoms with Crippen LogP contribution in [0.1, 0.15) is 32.1 Å². The van der Waals surface area contributed by atoms with Crippen LogP contribution in [0.25, 0.3) is 0 Å². The van der Waals surface area contributed by atoms with Crippen molar-refractivity contribution >= 4 is 47.2 Å². The Kier molecular flexibility index (Phi) is 9.57. The van der Waals surface area contributed by atoms with Crippen molar-refractivity contribution < 1.29 is 4.79 Å². The summed E-state index contributed by atoms with van der Waals surface area (Å²) >= 11 is 1.35. The van der Waals surface area contributed by atoms with Gasteiger partial charge in [0.05, 0.1) is 11.2 Å². The topological polar surface area (TPSA) is 78.4 Å². The Morgan fingerprint density at radius 2 is 1.88 bits per heavy atom. The van der Waals surface area contributed by atoms with Crippen molar-refractivity contribution in [1.82, 2.24) is 20.9 Å². The molecule has 0 atom stereocenters. The summed E-state index contributed by atoms with van der Waals surface area (Å²) in [5.74, 6) is 0.628. The normalized spacial score (nSPS) is 10.8. The molecule has 0 radical (unpaired) electrons. The van der Waals surface area contributed by atoms with Crippen LogP contribution in [0, 0.1) is 20.8 Å². The van der Waals surface area contributed by atoms with Crippen LogP contribution in [-0.4, -0.2) is 37.0 Å². The number of thiazole rings is 1. The Bertz CT molecular complexity index is 760. The van der Waals surface area contributed by atoms with E-state index in [9.17, 15) is 4.79 Å². The summed E-state index contributed by atoms with van der Waals surface area (Å²) in [5, 5.41) is 9.37. The summed E-state index contributed by atoms with van der Waals surface area (Å²) in [7, 11) is 1.73. The van der Waals surface area contributed by atoms with E-state index in [-0.39, 0.29) is 29.9 Å². The van der Waals surface area contributed by atoms with E-state index >= 15 is 0 Å². The zero-order valence-corrected chi connectivity index (χ0v) is 18.7. The van der Waals surface area contributed by atoms with E-state index in [0.717, 1.165) is 5.69 Å². The molecule has 1 amide bonds. The molecule has 2 rings (SSSR count). The van der Waals surface area contributed by atoms with Gasteiger partial charge in [-0.15, -0.1) is 35.3 Å². The number of hydrogen-bond donors (Lipinski definition) is 3. The highest BCUT2D eigenvalue weighted by molar-refractivity contribution is 14.0. The Morgan fingerprint density at radius 1 is 1.15 bits per heavy atom. The number of carbonyl (C=O) groups excluding carboxylic acids is 1. The fraction of sp³-hybridized carbons (Fsp3) is 0.389. The van der Waals surface area contributed by atoms with Gasteiger partial charge in [0.1, 0.15) is 4.88 Å². The molecule has 6 nitrogen and oxygen atoms in total. The number of halogens is 1. The molecule has 0 fully saturated rings. The molecule has 0 aliphatic rings. The van der Waals surface area contributed by atoms with Crippen molar-refractivity contribution in [3.8, 4) is 0 Å². The van der Waals surface area contributed by atoms with Crippen LogP contribution in [0.5, 0.6) is 0 Å². The zero-order chi connectivity index (χ0) is 18.2. The van der Waals surface area contributed by atoms with Gasteiger partial charge in [0, 0.05) is 26.7 Å². The van der Waals surface area contributed by atoms with Crippen LogP contribution >= 0.6 is 35.3 Å². The number of rotatable bonds is 6. The van der Waals surface area contributed by atoms with Gasteiger partial charge in [-0.05, 0) is 31.9 Å². The number of hydrogen-bond acceptors (Lipinski definition) is 4. The molecule has 2 aromatic rings. The third kappa shape index (κ3) is 6.56. The lowest BCUT2D eigenvalue weighted by molar-refractivity contribution is 0.0957. The van der Waals surface area contributed by atoms with Crippen LogP contribution in [0.15, 0.2) is 28.7 Å². The Hall–Kier alpha value is -1.68. The molecule has 1 aromatic carbocycles. The number of guanidine groups is 1. The van der Waals surface area contributed by atoms with Crippen molar-refractivity contribution in [3.05, 3.63) is 51.0 Å². The predicted octanol–water partition coefficient (Wildman–Crippen LogP) is 2.78. The summed E-state index contributed by atoms with van der Waals surface area (Å²) < 4.78 is 0. The fourth-order valence-electron chi connectivity index (χ4n) is 2.40. The van der Waals surface area contributed by atoms with E-state index in [2.05, 4.69) is 58.0 Å². The number of amides is 1. The largest absolute Gasteiger partial charge is 0.355 e. The molecule has 26 heavy (non-hydrogen) atoms. The molecule has 0 saturated heterocycles. The van der Waals surface area contributed by atoms with Crippen LogP contribution in [0.3, 0.4) is 0 Å². The molecule has 0 spiro atoms. The number of aryl methyl sites for hydroxylation is 3. The molecule has 0 unspecified atom stereocenters.